The highest BCUT2D eigenvalue weighted by Crippen LogP contribution is 2.39. The molecular formula is C7H4Br2N2O4. The van der Waals surface area contributed by atoms with E-state index in [2.05, 4.69) is 31.9 Å². The maximum atomic E-state index is 10.6. The third-order valence-corrected chi connectivity index (χ3v) is 3.78. The van der Waals surface area contributed by atoms with Gasteiger partial charge in [-0.3, -0.25) is 20.2 Å². The van der Waals surface area contributed by atoms with Crippen molar-refractivity contribution in [3.63, 3.8) is 0 Å². The second kappa shape index (κ2) is 4.23. The molecule has 0 heterocycles. The van der Waals surface area contributed by atoms with Gasteiger partial charge in [0, 0.05) is 0 Å². The van der Waals surface area contributed by atoms with E-state index < -0.39 is 9.85 Å². The van der Waals surface area contributed by atoms with Crippen LogP contribution in [0.3, 0.4) is 0 Å². The third-order valence-electron chi connectivity index (χ3n) is 1.78. The second-order valence-corrected chi connectivity index (χ2v) is 4.27. The molecule has 0 aliphatic carbocycles. The standard InChI is InChI=1S/C7H4Br2N2O4/c1-3-6(8)4(10(12)13)2-5(7(3)9)11(14)15/h2H,1H3. The van der Waals surface area contributed by atoms with Crippen LogP contribution < -0.4 is 0 Å². The molecule has 0 aliphatic rings. The van der Waals surface area contributed by atoms with Crippen molar-refractivity contribution in [3.05, 3.63) is 40.8 Å². The van der Waals surface area contributed by atoms with E-state index in [9.17, 15) is 20.2 Å². The van der Waals surface area contributed by atoms with Gasteiger partial charge in [-0.25, -0.2) is 0 Å². The Kier molecular flexibility index (Phi) is 3.40. The molecule has 0 N–H and O–H groups in total. The molecule has 6 nitrogen and oxygen atoms in total. The van der Waals surface area contributed by atoms with E-state index in [0.29, 0.717) is 5.56 Å². The highest BCUT2D eigenvalue weighted by atomic mass is 79.9. The fourth-order valence-electron chi connectivity index (χ4n) is 1.00. The van der Waals surface area contributed by atoms with Gasteiger partial charge in [0.1, 0.15) is 0 Å². The highest BCUT2D eigenvalue weighted by Gasteiger charge is 2.25. The monoisotopic (exact) mass is 338 g/mol. The summed E-state index contributed by atoms with van der Waals surface area (Å²) < 4.78 is 0.481. The van der Waals surface area contributed by atoms with Crippen LogP contribution in [0.2, 0.25) is 0 Å². The molecule has 80 valence electrons. The van der Waals surface area contributed by atoms with Crippen molar-refractivity contribution in [2.45, 2.75) is 6.92 Å². The smallest absolute Gasteiger partial charge is 0.258 e. The fourth-order valence-corrected chi connectivity index (χ4v) is 2.18. The van der Waals surface area contributed by atoms with Crippen molar-refractivity contribution in [1.82, 2.24) is 0 Å². The van der Waals surface area contributed by atoms with Crippen molar-refractivity contribution < 1.29 is 9.85 Å². The van der Waals surface area contributed by atoms with Crippen molar-refractivity contribution in [3.8, 4) is 0 Å². The Balaban J connectivity index is 3.59. The average Bonchev–Trinajstić information content (AvgIpc) is 2.13. The lowest BCUT2D eigenvalue weighted by molar-refractivity contribution is -0.395. The van der Waals surface area contributed by atoms with Gasteiger partial charge in [-0.15, -0.1) is 0 Å². The van der Waals surface area contributed by atoms with Crippen molar-refractivity contribution >= 4 is 43.2 Å². The van der Waals surface area contributed by atoms with E-state index in [4.69, 9.17) is 0 Å². The number of nitrogens with zero attached hydrogens (tertiary/aromatic N) is 2. The van der Waals surface area contributed by atoms with E-state index in [0.717, 1.165) is 6.07 Å². The number of nitro groups is 2. The first kappa shape index (κ1) is 12.1. The summed E-state index contributed by atoms with van der Waals surface area (Å²) in [6.07, 6.45) is 0. The van der Waals surface area contributed by atoms with Crippen LogP contribution in [0.1, 0.15) is 5.56 Å². The Morgan fingerprint density at radius 1 is 1.07 bits per heavy atom. The summed E-state index contributed by atoms with van der Waals surface area (Å²) in [5.74, 6) is 0. The summed E-state index contributed by atoms with van der Waals surface area (Å²) in [6, 6.07) is 0.918. The molecule has 8 heteroatoms. The van der Waals surface area contributed by atoms with Crippen LogP contribution in [0.4, 0.5) is 11.4 Å². The molecule has 0 fully saturated rings. The number of hydrogen-bond donors (Lipinski definition) is 0. The van der Waals surface area contributed by atoms with E-state index in [1.807, 2.05) is 0 Å². The average molecular weight is 340 g/mol. The number of hydrogen-bond acceptors (Lipinski definition) is 4. The van der Waals surface area contributed by atoms with Gasteiger partial charge in [-0.2, -0.15) is 0 Å². The van der Waals surface area contributed by atoms with E-state index >= 15 is 0 Å². The summed E-state index contributed by atoms with van der Waals surface area (Å²) in [7, 11) is 0. The van der Waals surface area contributed by atoms with Gasteiger partial charge >= 0.3 is 0 Å². The molecule has 15 heavy (non-hydrogen) atoms. The SMILES string of the molecule is Cc1c(Br)c([N+](=O)[O-])cc([N+](=O)[O-])c1Br. The molecule has 0 spiro atoms. The van der Waals surface area contributed by atoms with Crippen LogP contribution in [0.25, 0.3) is 0 Å². The van der Waals surface area contributed by atoms with Gasteiger partial charge < -0.3 is 0 Å². The first-order valence-electron chi connectivity index (χ1n) is 3.63. The van der Waals surface area contributed by atoms with Crippen molar-refractivity contribution in [2.24, 2.45) is 0 Å². The maximum Gasteiger partial charge on any atom is 0.290 e. The number of rotatable bonds is 2. The number of nitro benzene ring substituents is 2. The fraction of sp³-hybridized carbons (Fsp3) is 0.143. The molecule has 0 saturated heterocycles. The molecule has 0 aliphatic heterocycles. The normalized spacial score (nSPS) is 10.1. The van der Waals surface area contributed by atoms with E-state index in [1.54, 1.807) is 6.92 Å². The zero-order chi connectivity index (χ0) is 11.7. The quantitative estimate of drug-likeness (QED) is 0.610. The van der Waals surface area contributed by atoms with Crippen LogP contribution in [0.15, 0.2) is 15.0 Å². The molecule has 0 saturated carbocycles. The highest BCUT2D eigenvalue weighted by molar-refractivity contribution is 9.11. The number of halogens is 2. The summed E-state index contributed by atoms with van der Waals surface area (Å²) in [5, 5.41) is 21.2. The predicted octanol–water partition coefficient (Wildman–Crippen LogP) is 3.34. The second-order valence-electron chi connectivity index (χ2n) is 2.68. The van der Waals surface area contributed by atoms with Gasteiger partial charge in [0.15, 0.2) is 0 Å². The van der Waals surface area contributed by atoms with Gasteiger partial charge in [0.25, 0.3) is 11.4 Å². The molecule has 0 radical (unpaired) electrons. The summed E-state index contributed by atoms with van der Waals surface area (Å²) in [4.78, 5) is 19.9. The van der Waals surface area contributed by atoms with Crippen LogP contribution in [-0.4, -0.2) is 9.85 Å². The van der Waals surface area contributed by atoms with E-state index in [-0.39, 0.29) is 20.3 Å². The Bertz CT molecular complexity index is 423. The van der Waals surface area contributed by atoms with Crippen LogP contribution in [0, 0.1) is 27.2 Å². The summed E-state index contributed by atoms with van der Waals surface area (Å²) in [6.45, 7) is 1.55. The molecule has 0 bridgehead atoms. The molecule has 1 rings (SSSR count). The minimum Gasteiger partial charge on any atom is -0.258 e. The van der Waals surface area contributed by atoms with E-state index in [1.165, 1.54) is 0 Å². The minimum atomic E-state index is -0.670. The van der Waals surface area contributed by atoms with Gasteiger partial charge in [-0.1, -0.05) is 0 Å². The van der Waals surface area contributed by atoms with Crippen LogP contribution >= 0.6 is 31.9 Å². The molecule has 1 aromatic carbocycles. The molecule has 1 aromatic rings. The Labute approximate surface area is 101 Å². The summed E-state index contributed by atoms with van der Waals surface area (Å²) in [5.41, 5.74) is -0.208. The zero-order valence-electron chi connectivity index (χ0n) is 7.36. The first-order valence-corrected chi connectivity index (χ1v) is 5.22. The lowest BCUT2D eigenvalue weighted by atomic mass is 10.2. The molecule has 0 aromatic heterocycles. The Hall–Kier alpha value is -1.02. The summed E-state index contributed by atoms with van der Waals surface area (Å²) >= 11 is 6.04. The molecule has 0 amide bonds. The van der Waals surface area contributed by atoms with Gasteiger partial charge in [0.05, 0.1) is 24.9 Å². The topological polar surface area (TPSA) is 86.3 Å². The first-order chi connectivity index (χ1) is 6.86. The molecule has 0 unspecified atom stereocenters. The van der Waals surface area contributed by atoms with Crippen LogP contribution in [0.5, 0.6) is 0 Å². The molecule has 0 atom stereocenters. The zero-order valence-corrected chi connectivity index (χ0v) is 10.5. The van der Waals surface area contributed by atoms with Gasteiger partial charge in [-0.05, 0) is 44.3 Å². The largest absolute Gasteiger partial charge is 0.290 e. The minimum absolute atomic E-state index is 0.241. The Morgan fingerprint density at radius 3 is 1.67 bits per heavy atom. The van der Waals surface area contributed by atoms with Gasteiger partial charge in [0.2, 0.25) is 0 Å². The Morgan fingerprint density at radius 2 is 1.40 bits per heavy atom. The lowest BCUT2D eigenvalue weighted by Crippen LogP contribution is -1.97. The van der Waals surface area contributed by atoms with Crippen LogP contribution in [-0.2, 0) is 0 Å². The number of benzene rings is 1. The molecular weight excluding hydrogens is 336 g/mol. The predicted molar refractivity (Wildman–Crippen MR) is 59.9 cm³/mol. The maximum absolute atomic E-state index is 10.6. The van der Waals surface area contributed by atoms with Crippen molar-refractivity contribution in [2.75, 3.05) is 0 Å². The lowest BCUT2D eigenvalue weighted by Gasteiger charge is -2.03. The van der Waals surface area contributed by atoms with Crippen molar-refractivity contribution in [1.29, 1.82) is 0 Å². The third kappa shape index (κ3) is 2.15.